The van der Waals surface area contributed by atoms with E-state index in [2.05, 4.69) is 21.2 Å². The molecule has 0 aliphatic rings. The molecule has 0 heterocycles. The monoisotopic (exact) mass is 349 g/mol. The van der Waals surface area contributed by atoms with Crippen molar-refractivity contribution >= 4 is 32.6 Å². The normalized spacial score (nSPS) is 11.0. The number of carbonyl (C=O) groups is 1. The molecule has 2 aromatic rings. The zero-order chi connectivity index (χ0) is 15.2. The van der Waals surface area contributed by atoms with Crippen LogP contribution in [0.5, 0.6) is 0 Å². The van der Waals surface area contributed by atoms with Crippen LogP contribution in [0.25, 0.3) is 10.8 Å². The molecule has 21 heavy (non-hydrogen) atoms. The summed E-state index contributed by atoms with van der Waals surface area (Å²) in [6.45, 7) is 5.31. The summed E-state index contributed by atoms with van der Waals surface area (Å²) >= 11 is 3.45. The van der Waals surface area contributed by atoms with Crippen molar-refractivity contribution < 1.29 is 9.53 Å². The van der Waals surface area contributed by atoms with Gasteiger partial charge in [-0.2, -0.15) is 0 Å². The topological polar surface area (TPSA) is 38.3 Å². The Hall–Kier alpha value is -1.39. The molecule has 0 saturated heterocycles. The lowest BCUT2D eigenvalue weighted by atomic mass is 10.1. The first kappa shape index (κ1) is 16.0. The molecule has 1 N–H and O–H groups in total. The zero-order valence-electron chi connectivity index (χ0n) is 12.4. The maximum atomic E-state index is 12.1. The van der Waals surface area contributed by atoms with Crippen molar-refractivity contribution in [3.63, 3.8) is 0 Å². The average molecular weight is 350 g/mol. The SMILES string of the molecule is CC(C)OCCCNC(=O)c1ccc2cc(Br)ccc2c1. The minimum atomic E-state index is -0.0376. The van der Waals surface area contributed by atoms with E-state index in [1.54, 1.807) is 0 Å². The summed E-state index contributed by atoms with van der Waals surface area (Å²) in [5.74, 6) is -0.0376. The number of fused-ring (bicyclic) bond motifs is 1. The van der Waals surface area contributed by atoms with Gasteiger partial charge in [0.05, 0.1) is 6.10 Å². The van der Waals surface area contributed by atoms with Gasteiger partial charge in [-0.15, -0.1) is 0 Å². The number of rotatable bonds is 6. The minimum Gasteiger partial charge on any atom is -0.379 e. The molecule has 0 aromatic heterocycles. The maximum absolute atomic E-state index is 12.1. The van der Waals surface area contributed by atoms with Crippen molar-refractivity contribution in [2.45, 2.75) is 26.4 Å². The molecule has 4 heteroatoms. The van der Waals surface area contributed by atoms with Crippen molar-refractivity contribution in [2.24, 2.45) is 0 Å². The van der Waals surface area contributed by atoms with Crippen LogP contribution >= 0.6 is 15.9 Å². The molecule has 0 unspecified atom stereocenters. The largest absolute Gasteiger partial charge is 0.379 e. The molecule has 112 valence electrons. The van der Waals surface area contributed by atoms with Crippen molar-refractivity contribution in [3.05, 3.63) is 46.4 Å². The zero-order valence-corrected chi connectivity index (χ0v) is 13.9. The highest BCUT2D eigenvalue weighted by molar-refractivity contribution is 9.10. The lowest BCUT2D eigenvalue weighted by Gasteiger charge is -2.09. The second kappa shape index (κ2) is 7.57. The highest BCUT2D eigenvalue weighted by Crippen LogP contribution is 2.20. The maximum Gasteiger partial charge on any atom is 0.251 e. The van der Waals surface area contributed by atoms with Crippen molar-refractivity contribution in [3.8, 4) is 0 Å². The predicted molar refractivity (Wildman–Crippen MR) is 89.7 cm³/mol. The number of halogens is 1. The van der Waals surface area contributed by atoms with Gasteiger partial charge in [-0.25, -0.2) is 0 Å². The molecule has 1 amide bonds. The van der Waals surface area contributed by atoms with Crippen LogP contribution in [-0.2, 0) is 4.74 Å². The molecule has 0 aliphatic carbocycles. The molecular weight excluding hydrogens is 330 g/mol. The van der Waals surface area contributed by atoms with Gasteiger partial charge >= 0.3 is 0 Å². The van der Waals surface area contributed by atoms with Gasteiger partial charge in [0, 0.05) is 23.2 Å². The number of benzene rings is 2. The van der Waals surface area contributed by atoms with Crippen LogP contribution in [0.2, 0.25) is 0 Å². The molecule has 3 nitrogen and oxygen atoms in total. The number of ether oxygens (including phenoxy) is 1. The van der Waals surface area contributed by atoms with Crippen LogP contribution in [0.1, 0.15) is 30.6 Å². The third-order valence-corrected chi connectivity index (χ3v) is 3.62. The summed E-state index contributed by atoms with van der Waals surface area (Å²) in [5, 5.41) is 5.10. The summed E-state index contributed by atoms with van der Waals surface area (Å²) in [6, 6.07) is 11.8. The summed E-state index contributed by atoms with van der Waals surface area (Å²) < 4.78 is 6.48. The Bertz CT molecular complexity index is 625. The Kier molecular flexibility index (Phi) is 5.76. The van der Waals surface area contributed by atoms with Gasteiger partial charge in [-0.05, 0) is 55.3 Å². The Labute approximate surface area is 133 Å². The first-order valence-electron chi connectivity index (χ1n) is 7.15. The lowest BCUT2D eigenvalue weighted by molar-refractivity contribution is 0.0757. The molecule has 0 radical (unpaired) electrons. The fourth-order valence-corrected chi connectivity index (χ4v) is 2.43. The van der Waals surface area contributed by atoms with Gasteiger partial charge in [0.25, 0.3) is 5.91 Å². The highest BCUT2D eigenvalue weighted by atomic mass is 79.9. The molecule has 0 saturated carbocycles. The first-order valence-corrected chi connectivity index (χ1v) is 7.94. The van der Waals surface area contributed by atoms with Gasteiger partial charge < -0.3 is 10.1 Å². The van der Waals surface area contributed by atoms with E-state index in [-0.39, 0.29) is 12.0 Å². The van der Waals surface area contributed by atoms with Crippen molar-refractivity contribution in [1.29, 1.82) is 0 Å². The molecule has 0 atom stereocenters. The van der Waals surface area contributed by atoms with E-state index in [1.165, 1.54) is 0 Å². The molecule has 0 fully saturated rings. The van der Waals surface area contributed by atoms with Gasteiger partial charge in [-0.3, -0.25) is 4.79 Å². The quantitative estimate of drug-likeness (QED) is 0.795. The first-order chi connectivity index (χ1) is 10.1. The summed E-state index contributed by atoms with van der Waals surface area (Å²) in [6.07, 6.45) is 1.06. The van der Waals surface area contributed by atoms with Crippen LogP contribution in [0.4, 0.5) is 0 Å². The number of carbonyl (C=O) groups excluding carboxylic acids is 1. The lowest BCUT2D eigenvalue weighted by Crippen LogP contribution is -2.25. The van der Waals surface area contributed by atoms with Gasteiger partial charge in [0.1, 0.15) is 0 Å². The highest BCUT2D eigenvalue weighted by Gasteiger charge is 2.06. The third-order valence-electron chi connectivity index (χ3n) is 3.12. The number of hydrogen-bond donors (Lipinski definition) is 1. The van der Waals surface area contributed by atoms with Gasteiger partial charge in [-0.1, -0.05) is 28.1 Å². The van der Waals surface area contributed by atoms with E-state index in [4.69, 9.17) is 4.74 Å². The summed E-state index contributed by atoms with van der Waals surface area (Å²) in [5.41, 5.74) is 0.689. The minimum absolute atomic E-state index is 0.0376. The Morgan fingerprint density at radius 3 is 2.67 bits per heavy atom. The summed E-state index contributed by atoms with van der Waals surface area (Å²) in [7, 11) is 0. The second-order valence-electron chi connectivity index (χ2n) is 5.24. The third kappa shape index (κ3) is 4.83. The average Bonchev–Trinajstić information content (AvgIpc) is 2.45. The standard InChI is InChI=1S/C17H20BrNO2/c1-12(2)21-9-3-8-19-17(20)15-5-4-14-11-16(18)7-6-13(14)10-15/h4-7,10-12H,3,8-9H2,1-2H3,(H,19,20). The molecule has 2 aromatic carbocycles. The van der Waals surface area contributed by atoms with E-state index < -0.39 is 0 Å². The molecular formula is C17H20BrNO2. The predicted octanol–water partition coefficient (Wildman–Crippen LogP) is 4.15. The van der Waals surface area contributed by atoms with Gasteiger partial charge in [0.2, 0.25) is 0 Å². The fraction of sp³-hybridized carbons (Fsp3) is 0.353. The molecule has 0 aliphatic heterocycles. The number of hydrogen-bond acceptors (Lipinski definition) is 2. The number of nitrogens with one attached hydrogen (secondary N) is 1. The van der Waals surface area contributed by atoms with Crippen LogP contribution in [0, 0.1) is 0 Å². The molecule has 2 rings (SSSR count). The van der Waals surface area contributed by atoms with E-state index in [9.17, 15) is 4.79 Å². The Morgan fingerprint density at radius 1 is 1.19 bits per heavy atom. The van der Waals surface area contributed by atoms with Crippen LogP contribution in [-0.4, -0.2) is 25.2 Å². The van der Waals surface area contributed by atoms with Gasteiger partial charge in [0.15, 0.2) is 0 Å². The molecule has 0 spiro atoms. The fourth-order valence-electron chi connectivity index (χ4n) is 2.05. The Balaban J connectivity index is 1.92. The van der Waals surface area contributed by atoms with E-state index >= 15 is 0 Å². The Morgan fingerprint density at radius 2 is 1.90 bits per heavy atom. The smallest absolute Gasteiger partial charge is 0.251 e. The van der Waals surface area contributed by atoms with Crippen molar-refractivity contribution in [1.82, 2.24) is 5.32 Å². The second-order valence-corrected chi connectivity index (χ2v) is 6.15. The van der Waals surface area contributed by atoms with Crippen LogP contribution in [0.3, 0.4) is 0 Å². The number of amides is 1. The van der Waals surface area contributed by atoms with E-state index in [0.717, 1.165) is 21.7 Å². The van der Waals surface area contributed by atoms with Crippen molar-refractivity contribution in [2.75, 3.05) is 13.2 Å². The molecule has 0 bridgehead atoms. The van der Waals surface area contributed by atoms with Crippen LogP contribution < -0.4 is 5.32 Å². The van der Waals surface area contributed by atoms with Crippen LogP contribution in [0.15, 0.2) is 40.9 Å². The summed E-state index contributed by atoms with van der Waals surface area (Å²) in [4.78, 5) is 12.1. The van der Waals surface area contributed by atoms with E-state index in [0.29, 0.717) is 18.7 Å². The van der Waals surface area contributed by atoms with E-state index in [1.807, 2.05) is 50.2 Å².